The highest BCUT2D eigenvalue weighted by molar-refractivity contribution is 5.95. The van der Waals surface area contributed by atoms with Crippen LogP contribution in [0.5, 0.6) is 17.2 Å². The number of nitrogens with zero attached hydrogens (tertiary/aromatic N) is 2. The van der Waals surface area contributed by atoms with Gasteiger partial charge in [0.1, 0.15) is 5.82 Å². The molecule has 0 saturated heterocycles. The van der Waals surface area contributed by atoms with E-state index in [0.29, 0.717) is 34.5 Å². The van der Waals surface area contributed by atoms with Crippen LogP contribution < -0.4 is 19.5 Å². The molecule has 8 nitrogen and oxygen atoms in total. The molecule has 0 fully saturated rings. The van der Waals surface area contributed by atoms with Crippen molar-refractivity contribution < 1.29 is 19.0 Å². The lowest BCUT2D eigenvalue weighted by Gasteiger charge is -2.15. The Labute approximate surface area is 169 Å². The number of hydrogen-bond acceptors (Lipinski definition) is 6. The van der Waals surface area contributed by atoms with Gasteiger partial charge in [-0.1, -0.05) is 29.8 Å². The third-order valence-electron chi connectivity index (χ3n) is 4.50. The zero-order valence-corrected chi connectivity index (χ0v) is 17.1. The van der Waals surface area contributed by atoms with Gasteiger partial charge in [0.2, 0.25) is 5.75 Å². The summed E-state index contributed by atoms with van der Waals surface area (Å²) in [5.41, 5.74) is 2.45. The Bertz CT molecular complexity index is 973. The fourth-order valence-electron chi connectivity index (χ4n) is 2.86. The predicted octanol–water partition coefficient (Wildman–Crippen LogP) is 3.30. The molecule has 0 aliphatic carbocycles. The molecule has 8 heteroatoms. The van der Waals surface area contributed by atoms with Gasteiger partial charge < -0.3 is 19.5 Å². The number of aromatic amines is 1. The molecule has 0 spiro atoms. The Morgan fingerprint density at radius 1 is 1.03 bits per heavy atom. The zero-order chi connectivity index (χ0) is 21.0. The molecule has 1 atom stereocenters. The van der Waals surface area contributed by atoms with Gasteiger partial charge in [0.05, 0.1) is 27.4 Å². The Morgan fingerprint density at radius 2 is 1.66 bits per heavy atom. The van der Waals surface area contributed by atoms with E-state index in [4.69, 9.17) is 14.2 Å². The topological polar surface area (TPSA) is 98.4 Å². The van der Waals surface area contributed by atoms with E-state index in [1.54, 1.807) is 12.1 Å². The van der Waals surface area contributed by atoms with Gasteiger partial charge in [-0.05, 0) is 26.0 Å². The van der Waals surface area contributed by atoms with Gasteiger partial charge in [0.25, 0.3) is 5.91 Å². The van der Waals surface area contributed by atoms with E-state index in [9.17, 15) is 4.79 Å². The van der Waals surface area contributed by atoms with Crippen LogP contribution in [0, 0.1) is 6.92 Å². The highest BCUT2D eigenvalue weighted by Gasteiger charge is 2.20. The third-order valence-corrected chi connectivity index (χ3v) is 4.50. The minimum Gasteiger partial charge on any atom is -0.493 e. The van der Waals surface area contributed by atoms with E-state index >= 15 is 0 Å². The number of benzene rings is 2. The molecule has 0 radical (unpaired) electrons. The van der Waals surface area contributed by atoms with Crippen LogP contribution in [0.3, 0.4) is 0 Å². The standard InChI is InChI=1S/C21H24N4O4/c1-12-6-8-14(9-7-12)20-23-19(24-25-20)13(2)22-21(26)15-10-16(27-3)18(29-5)17(11-15)28-4/h6-11,13H,1-5H3,(H,22,26)(H,23,24,25)/t13-/m1/s1. The number of nitrogens with one attached hydrogen (secondary N) is 2. The molecule has 2 aromatic carbocycles. The Kier molecular flexibility index (Phi) is 6.01. The van der Waals surface area contributed by atoms with Crippen LogP contribution in [-0.2, 0) is 0 Å². The zero-order valence-electron chi connectivity index (χ0n) is 17.1. The van der Waals surface area contributed by atoms with Crippen LogP contribution in [0.4, 0.5) is 0 Å². The van der Waals surface area contributed by atoms with Crippen LogP contribution in [0.2, 0.25) is 0 Å². The molecule has 0 bridgehead atoms. The van der Waals surface area contributed by atoms with Gasteiger partial charge >= 0.3 is 0 Å². The second-order valence-electron chi connectivity index (χ2n) is 6.52. The van der Waals surface area contributed by atoms with E-state index in [0.717, 1.165) is 11.1 Å². The molecule has 0 aliphatic rings. The van der Waals surface area contributed by atoms with Gasteiger partial charge in [-0.25, -0.2) is 4.98 Å². The van der Waals surface area contributed by atoms with Crippen molar-refractivity contribution >= 4 is 5.91 Å². The molecule has 0 unspecified atom stereocenters. The molecule has 0 aliphatic heterocycles. The van der Waals surface area contributed by atoms with Crippen molar-refractivity contribution in [1.29, 1.82) is 0 Å². The summed E-state index contributed by atoms with van der Waals surface area (Å²) < 4.78 is 15.9. The number of hydrogen-bond donors (Lipinski definition) is 2. The number of carbonyl (C=O) groups is 1. The number of methoxy groups -OCH3 is 3. The van der Waals surface area contributed by atoms with Crippen molar-refractivity contribution in [1.82, 2.24) is 20.5 Å². The molecular weight excluding hydrogens is 372 g/mol. The SMILES string of the molecule is COc1cc(C(=O)N[C@H](C)c2nc(-c3ccc(C)cc3)n[nH]2)cc(OC)c1OC. The summed E-state index contributed by atoms with van der Waals surface area (Å²) in [6.45, 7) is 3.85. The maximum absolute atomic E-state index is 12.8. The second-order valence-corrected chi connectivity index (χ2v) is 6.52. The molecule has 152 valence electrons. The number of rotatable bonds is 7. The highest BCUT2D eigenvalue weighted by atomic mass is 16.5. The first-order valence-electron chi connectivity index (χ1n) is 9.07. The molecule has 1 heterocycles. The molecule has 0 saturated carbocycles. The summed E-state index contributed by atoms with van der Waals surface area (Å²) in [5.74, 6) is 2.08. The average Bonchev–Trinajstić information content (AvgIpc) is 3.23. The summed E-state index contributed by atoms with van der Waals surface area (Å²) in [6, 6.07) is 10.7. The van der Waals surface area contributed by atoms with Gasteiger partial charge in [-0.15, -0.1) is 0 Å². The monoisotopic (exact) mass is 396 g/mol. The van der Waals surface area contributed by atoms with Gasteiger partial charge in [0, 0.05) is 11.1 Å². The van der Waals surface area contributed by atoms with Crippen molar-refractivity contribution in [3.8, 4) is 28.6 Å². The lowest BCUT2D eigenvalue weighted by Crippen LogP contribution is -2.27. The summed E-state index contributed by atoms with van der Waals surface area (Å²) in [5, 5.41) is 10.0. The molecule has 29 heavy (non-hydrogen) atoms. The van der Waals surface area contributed by atoms with E-state index in [-0.39, 0.29) is 11.9 Å². The van der Waals surface area contributed by atoms with Crippen LogP contribution in [0.25, 0.3) is 11.4 Å². The maximum Gasteiger partial charge on any atom is 0.252 e. The fraction of sp³-hybridized carbons (Fsp3) is 0.286. The smallest absolute Gasteiger partial charge is 0.252 e. The number of H-pyrrole nitrogens is 1. The largest absolute Gasteiger partial charge is 0.493 e. The first-order valence-corrected chi connectivity index (χ1v) is 9.07. The quantitative estimate of drug-likeness (QED) is 0.636. The number of ether oxygens (including phenoxy) is 3. The van der Waals surface area contributed by atoms with Gasteiger partial charge in [-0.3, -0.25) is 9.89 Å². The summed E-state index contributed by atoms with van der Waals surface area (Å²) in [6.07, 6.45) is 0. The number of carbonyl (C=O) groups excluding carboxylic acids is 1. The van der Waals surface area contributed by atoms with E-state index < -0.39 is 0 Å². The molecule has 1 aromatic heterocycles. The second kappa shape index (κ2) is 8.64. The van der Waals surface area contributed by atoms with Crippen molar-refractivity contribution in [2.45, 2.75) is 19.9 Å². The Balaban J connectivity index is 1.78. The van der Waals surface area contributed by atoms with Crippen molar-refractivity contribution in [3.05, 3.63) is 53.3 Å². The average molecular weight is 396 g/mol. The highest BCUT2D eigenvalue weighted by Crippen LogP contribution is 2.38. The summed E-state index contributed by atoms with van der Waals surface area (Å²) in [4.78, 5) is 17.3. The number of aromatic nitrogens is 3. The summed E-state index contributed by atoms with van der Waals surface area (Å²) >= 11 is 0. The van der Waals surface area contributed by atoms with Crippen molar-refractivity contribution in [3.63, 3.8) is 0 Å². The third kappa shape index (κ3) is 4.31. The van der Waals surface area contributed by atoms with Crippen LogP contribution in [0.1, 0.15) is 34.7 Å². The molecule has 3 rings (SSSR count). The van der Waals surface area contributed by atoms with Crippen molar-refractivity contribution in [2.24, 2.45) is 0 Å². The minimum atomic E-state index is -0.381. The first-order chi connectivity index (χ1) is 14.0. The van der Waals surface area contributed by atoms with Gasteiger partial charge in [0.15, 0.2) is 17.3 Å². The summed E-state index contributed by atoms with van der Waals surface area (Å²) in [7, 11) is 4.52. The maximum atomic E-state index is 12.8. The Morgan fingerprint density at radius 3 is 2.21 bits per heavy atom. The van der Waals surface area contributed by atoms with Crippen molar-refractivity contribution in [2.75, 3.05) is 21.3 Å². The lowest BCUT2D eigenvalue weighted by atomic mass is 10.1. The number of aryl methyl sites for hydroxylation is 1. The van der Waals surface area contributed by atoms with Crippen LogP contribution in [-0.4, -0.2) is 42.4 Å². The minimum absolute atomic E-state index is 0.301. The fourth-order valence-corrected chi connectivity index (χ4v) is 2.86. The molecule has 2 N–H and O–H groups in total. The molecule has 3 aromatic rings. The first kappa shape index (κ1) is 20.2. The molecule has 1 amide bonds. The van der Waals surface area contributed by atoms with E-state index in [2.05, 4.69) is 20.5 Å². The lowest BCUT2D eigenvalue weighted by molar-refractivity contribution is 0.0937. The van der Waals surface area contributed by atoms with E-state index in [1.807, 2.05) is 38.1 Å². The predicted molar refractivity (Wildman–Crippen MR) is 109 cm³/mol. The Hall–Kier alpha value is -3.55. The van der Waals surface area contributed by atoms with E-state index in [1.165, 1.54) is 21.3 Å². The van der Waals surface area contributed by atoms with Crippen LogP contribution >= 0.6 is 0 Å². The van der Waals surface area contributed by atoms with Gasteiger partial charge in [-0.2, -0.15) is 5.10 Å². The van der Waals surface area contributed by atoms with Crippen LogP contribution in [0.15, 0.2) is 36.4 Å². The number of amides is 1. The normalized spacial score (nSPS) is 11.6. The molecular formula is C21H24N4O4.